The van der Waals surface area contributed by atoms with E-state index in [2.05, 4.69) is 0 Å². The minimum absolute atomic E-state index is 0.0272. The number of hydrogen-bond acceptors (Lipinski definition) is 5. The zero-order valence-corrected chi connectivity index (χ0v) is 9.42. The number of esters is 1. The fraction of sp³-hybridized carbons (Fsp3) is 0.167. The van der Waals surface area contributed by atoms with E-state index >= 15 is 0 Å². The summed E-state index contributed by atoms with van der Waals surface area (Å²) in [6.07, 6.45) is 0. The second kappa shape index (κ2) is 4.01. The van der Waals surface area contributed by atoms with Gasteiger partial charge in [-0.25, -0.2) is 0 Å². The predicted octanol–water partition coefficient (Wildman–Crippen LogP) is 2.19. The van der Waals surface area contributed by atoms with E-state index in [9.17, 15) is 14.9 Å². The van der Waals surface area contributed by atoms with Crippen LogP contribution in [0.15, 0.2) is 6.07 Å². The molecule has 70 valence electrons. The van der Waals surface area contributed by atoms with E-state index in [0.29, 0.717) is 2.88 Å². The Labute approximate surface area is 91.0 Å². The van der Waals surface area contributed by atoms with Crippen molar-refractivity contribution in [3.8, 4) is 5.75 Å². The van der Waals surface area contributed by atoms with Crippen molar-refractivity contribution in [1.29, 1.82) is 0 Å². The summed E-state index contributed by atoms with van der Waals surface area (Å²) in [6.45, 7) is 1.25. The molecule has 0 saturated heterocycles. The summed E-state index contributed by atoms with van der Waals surface area (Å²) in [4.78, 5) is 20.4. The Morgan fingerprint density at radius 2 is 2.38 bits per heavy atom. The molecule has 0 aliphatic rings. The predicted molar refractivity (Wildman–Crippen MR) is 55.0 cm³/mol. The van der Waals surface area contributed by atoms with E-state index in [1.807, 2.05) is 22.6 Å². The van der Waals surface area contributed by atoms with Crippen LogP contribution in [0.3, 0.4) is 0 Å². The Morgan fingerprint density at radius 1 is 1.77 bits per heavy atom. The molecule has 1 rings (SSSR count). The summed E-state index contributed by atoms with van der Waals surface area (Å²) < 4.78 is 5.33. The third-order valence-corrected chi connectivity index (χ3v) is 3.12. The first-order valence-electron chi connectivity index (χ1n) is 3.13. The molecule has 0 spiro atoms. The van der Waals surface area contributed by atoms with Crippen LogP contribution in [0.1, 0.15) is 6.92 Å². The average molecular weight is 313 g/mol. The number of nitro groups is 1. The van der Waals surface area contributed by atoms with Gasteiger partial charge in [-0.2, -0.15) is 0 Å². The quantitative estimate of drug-likeness (QED) is 0.363. The Balaban J connectivity index is 2.96. The van der Waals surface area contributed by atoms with E-state index in [4.69, 9.17) is 4.74 Å². The Hall–Kier alpha value is -0.700. The Morgan fingerprint density at radius 3 is 2.77 bits per heavy atom. The maximum absolute atomic E-state index is 10.6. The van der Waals surface area contributed by atoms with Crippen LogP contribution in [-0.4, -0.2) is 10.9 Å². The number of nitrogens with zero attached hydrogens (tertiary/aromatic N) is 1. The zero-order valence-electron chi connectivity index (χ0n) is 6.44. The molecule has 0 aliphatic heterocycles. The van der Waals surface area contributed by atoms with Gasteiger partial charge in [0, 0.05) is 6.92 Å². The largest absolute Gasteiger partial charge is 0.424 e. The molecule has 0 saturated carbocycles. The molecule has 0 N–H and O–H groups in total. The van der Waals surface area contributed by atoms with Crippen molar-refractivity contribution in [2.75, 3.05) is 0 Å². The second-order valence-corrected chi connectivity index (χ2v) is 4.91. The standard InChI is InChI=1S/C6H4INO4S/c1-3(9)12-4-2-5(8(10)11)13-6(4)7/h2H,1H3. The number of hydrogen-bond donors (Lipinski definition) is 0. The molecule has 0 amide bonds. The number of rotatable bonds is 2. The minimum Gasteiger partial charge on any atom is -0.424 e. The highest BCUT2D eigenvalue weighted by Crippen LogP contribution is 2.35. The lowest BCUT2D eigenvalue weighted by Crippen LogP contribution is -2.00. The van der Waals surface area contributed by atoms with Crippen molar-refractivity contribution in [1.82, 2.24) is 0 Å². The lowest BCUT2D eigenvalue weighted by Gasteiger charge is -1.94. The lowest BCUT2D eigenvalue weighted by molar-refractivity contribution is -0.380. The van der Waals surface area contributed by atoms with Gasteiger partial charge in [0.2, 0.25) is 0 Å². The van der Waals surface area contributed by atoms with E-state index in [-0.39, 0.29) is 10.8 Å². The third-order valence-electron chi connectivity index (χ3n) is 1.08. The van der Waals surface area contributed by atoms with Gasteiger partial charge in [-0.1, -0.05) is 11.3 Å². The number of thiophene rings is 1. The molecule has 0 unspecified atom stereocenters. The van der Waals surface area contributed by atoms with E-state index in [0.717, 1.165) is 11.3 Å². The second-order valence-electron chi connectivity index (χ2n) is 2.07. The van der Waals surface area contributed by atoms with E-state index in [1.54, 1.807) is 0 Å². The summed E-state index contributed by atoms with van der Waals surface area (Å²) in [7, 11) is 0. The first-order chi connectivity index (χ1) is 6.00. The van der Waals surface area contributed by atoms with Crippen LogP contribution >= 0.6 is 33.9 Å². The number of ether oxygens (including phenoxy) is 1. The van der Waals surface area contributed by atoms with Crippen molar-refractivity contribution in [3.05, 3.63) is 19.1 Å². The van der Waals surface area contributed by atoms with Crippen molar-refractivity contribution in [3.63, 3.8) is 0 Å². The smallest absolute Gasteiger partial charge is 0.328 e. The first kappa shape index (κ1) is 10.4. The normalized spacial score (nSPS) is 9.69. The van der Waals surface area contributed by atoms with Gasteiger partial charge in [-0.05, 0) is 22.6 Å². The molecular formula is C6H4INO4S. The molecule has 7 heteroatoms. The molecular weight excluding hydrogens is 309 g/mol. The zero-order chi connectivity index (χ0) is 10.0. The number of halogens is 1. The van der Waals surface area contributed by atoms with Gasteiger partial charge in [0.25, 0.3) is 0 Å². The monoisotopic (exact) mass is 313 g/mol. The molecule has 0 aliphatic carbocycles. The molecule has 0 fully saturated rings. The van der Waals surface area contributed by atoms with Gasteiger partial charge in [0.1, 0.15) is 2.88 Å². The van der Waals surface area contributed by atoms with Crippen molar-refractivity contribution in [2.24, 2.45) is 0 Å². The number of carbonyl (C=O) groups excluding carboxylic acids is 1. The first-order valence-corrected chi connectivity index (χ1v) is 5.02. The minimum atomic E-state index is -0.514. The maximum Gasteiger partial charge on any atom is 0.328 e. The SMILES string of the molecule is CC(=O)Oc1cc([N+](=O)[O-])sc1I. The van der Waals surface area contributed by atoms with Crippen LogP contribution in [0.5, 0.6) is 5.75 Å². The molecule has 0 aromatic carbocycles. The highest BCUT2D eigenvalue weighted by atomic mass is 127. The molecule has 1 aromatic rings. The highest BCUT2D eigenvalue weighted by Gasteiger charge is 2.16. The molecule has 0 radical (unpaired) electrons. The summed E-state index contributed by atoms with van der Waals surface area (Å²) in [5, 5.41) is 10.3. The van der Waals surface area contributed by atoms with Crippen LogP contribution < -0.4 is 4.74 Å². The van der Waals surface area contributed by atoms with Crippen molar-refractivity contribution >= 4 is 44.9 Å². The van der Waals surface area contributed by atoms with Gasteiger partial charge in [-0.15, -0.1) is 0 Å². The molecule has 1 aromatic heterocycles. The van der Waals surface area contributed by atoms with Gasteiger partial charge >= 0.3 is 11.0 Å². The fourth-order valence-corrected chi connectivity index (χ4v) is 2.22. The van der Waals surface area contributed by atoms with Gasteiger partial charge in [0.05, 0.1) is 11.0 Å². The van der Waals surface area contributed by atoms with Gasteiger partial charge in [0.15, 0.2) is 5.75 Å². The fourth-order valence-electron chi connectivity index (χ4n) is 0.655. The van der Waals surface area contributed by atoms with Crippen molar-refractivity contribution in [2.45, 2.75) is 6.92 Å². The van der Waals surface area contributed by atoms with Gasteiger partial charge in [-0.3, -0.25) is 14.9 Å². The Kier molecular flexibility index (Phi) is 3.20. The Bertz CT molecular complexity index is 362. The van der Waals surface area contributed by atoms with Crippen LogP contribution in [0.4, 0.5) is 5.00 Å². The molecule has 0 atom stereocenters. The van der Waals surface area contributed by atoms with Crippen LogP contribution in [-0.2, 0) is 4.79 Å². The van der Waals surface area contributed by atoms with Gasteiger partial charge < -0.3 is 4.74 Å². The van der Waals surface area contributed by atoms with E-state index < -0.39 is 10.9 Å². The van der Waals surface area contributed by atoms with Crippen LogP contribution in [0.25, 0.3) is 0 Å². The summed E-state index contributed by atoms with van der Waals surface area (Å²) in [6, 6.07) is 1.24. The topological polar surface area (TPSA) is 69.4 Å². The molecule has 13 heavy (non-hydrogen) atoms. The highest BCUT2D eigenvalue weighted by molar-refractivity contribution is 14.1. The third kappa shape index (κ3) is 2.62. The number of carbonyl (C=O) groups is 1. The van der Waals surface area contributed by atoms with Crippen molar-refractivity contribution < 1.29 is 14.5 Å². The maximum atomic E-state index is 10.6. The summed E-state index contributed by atoms with van der Waals surface area (Å²) in [5.41, 5.74) is 0. The van der Waals surface area contributed by atoms with Crippen LogP contribution in [0.2, 0.25) is 0 Å². The molecule has 0 bridgehead atoms. The summed E-state index contributed by atoms with van der Waals surface area (Å²) in [5.74, 6) is -0.226. The average Bonchev–Trinajstić information content (AvgIpc) is 2.31. The lowest BCUT2D eigenvalue weighted by atomic mass is 10.5. The van der Waals surface area contributed by atoms with Crippen LogP contribution in [0, 0.1) is 13.0 Å². The molecule has 5 nitrogen and oxygen atoms in total. The molecule has 1 heterocycles. The van der Waals surface area contributed by atoms with E-state index in [1.165, 1.54) is 13.0 Å². The summed E-state index contributed by atoms with van der Waals surface area (Å²) >= 11 is 2.86.